The van der Waals surface area contributed by atoms with Crippen LogP contribution in [0.15, 0.2) is 77.6 Å². The molecule has 0 spiro atoms. The molecule has 0 unspecified atom stereocenters. The number of anilines is 1. The lowest BCUT2D eigenvalue weighted by Crippen LogP contribution is -2.22. The number of nitrogens with one attached hydrogen (secondary N) is 1. The minimum atomic E-state index is -0.316. The quantitative estimate of drug-likeness (QED) is 0.557. The lowest BCUT2D eigenvalue weighted by molar-refractivity contribution is 0.102. The number of hydrogen-bond acceptors (Lipinski definition) is 3. The molecule has 1 heterocycles. The third-order valence-corrected chi connectivity index (χ3v) is 4.75. The zero-order valence-electron chi connectivity index (χ0n) is 15.0. The number of carbonyl (C=O) groups is 1. The van der Waals surface area contributed by atoms with Gasteiger partial charge in [-0.15, -0.1) is 0 Å². The van der Waals surface area contributed by atoms with Gasteiger partial charge in [0.25, 0.3) is 11.5 Å². The molecule has 1 N–H and O–H groups in total. The van der Waals surface area contributed by atoms with E-state index in [1.165, 1.54) is 4.57 Å². The minimum absolute atomic E-state index is 0.155. The average molecular weight is 390 g/mol. The SMILES string of the molecule is Cc1nc2ccccc2c(=O)n1-c1cccc(NC(=O)c2ccccc2Cl)c1. The Bertz CT molecular complexity index is 1260. The van der Waals surface area contributed by atoms with E-state index in [0.717, 1.165) is 0 Å². The minimum Gasteiger partial charge on any atom is -0.322 e. The van der Waals surface area contributed by atoms with Gasteiger partial charge in [0.1, 0.15) is 5.82 Å². The summed E-state index contributed by atoms with van der Waals surface area (Å²) in [7, 11) is 0. The van der Waals surface area contributed by atoms with E-state index in [9.17, 15) is 9.59 Å². The van der Waals surface area contributed by atoms with Gasteiger partial charge in [-0.3, -0.25) is 14.2 Å². The van der Waals surface area contributed by atoms with Crippen LogP contribution in [0.1, 0.15) is 16.2 Å². The summed E-state index contributed by atoms with van der Waals surface area (Å²) >= 11 is 6.10. The molecule has 1 amide bonds. The first-order valence-corrected chi connectivity index (χ1v) is 9.07. The molecular weight excluding hydrogens is 374 g/mol. The molecule has 0 atom stereocenters. The van der Waals surface area contributed by atoms with Crippen LogP contribution >= 0.6 is 11.6 Å². The second-order valence-corrected chi connectivity index (χ2v) is 6.71. The van der Waals surface area contributed by atoms with E-state index in [-0.39, 0.29) is 11.5 Å². The Morgan fingerprint density at radius 3 is 2.57 bits per heavy atom. The molecule has 1 aromatic heterocycles. The van der Waals surface area contributed by atoms with Crippen molar-refractivity contribution < 1.29 is 4.79 Å². The van der Waals surface area contributed by atoms with Crippen molar-refractivity contribution in [3.8, 4) is 5.69 Å². The molecule has 0 bridgehead atoms. The van der Waals surface area contributed by atoms with Gasteiger partial charge in [0.05, 0.1) is 27.2 Å². The van der Waals surface area contributed by atoms with Gasteiger partial charge < -0.3 is 5.32 Å². The topological polar surface area (TPSA) is 64.0 Å². The molecule has 0 aliphatic heterocycles. The first kappa shape index (κ1) is 17.9. The highest BCUT2D eigenvalue weighted by Gasteiger charge is 2.12. The van der Waals surface area contributed by atoms with Gasteiger partial charge in [-0.25, -0.2) is 4.98 Å². The molecule has 0 saturated heterocycles. The van der Waals surface area contributed by atoms with Gasteiger partial charge in [-0.2, -0.15) is 0 Å². The molecule has 3 aromatic carbocycles. The summed E-state index contributed by atoms with van der Waals surface area (Å²) in [6.45, 7) is 1.78. The van der Waals surface area contributed by atoms with Gasteiger partial charge >= 0.3 is 0 Å². The maximum atomic E-state index is 13.0. The second kappa shape index (κ2) is 7.29. The number of para-hydroxylation sites is 1. The van der Waals surface area contributed by atoms with Crippen molar-refractivity contribution in [3.63, 3.8) is 0 Å². The molecule has 28 heavy (non-hydrogen) atoms. The van der Waals surface area contributed by atoms with Crippen molar-refractivity contribution in [2.45, 2.75) is 6.92 Å². The van der Waals surface area contributed by atoms with Crippen LogP contribution in [-0.2, 0) is 0 Å². The highest BCUT2D eigenvalue weighted by Crippen LogP contribution is 2.20. The summed E-state index contributed by atoms with van der Waals surface area (Å²) in [5.74, 6) is 0.252. The molecule has 0 saturated carbocycles. The molecular formula is C22H16ClN3O2. The molecule has 6 heteroatoms. The van der Waals surface area contributed by atoms with Crippen LogP contribution in [-0.4, -0.2) is 15.5 Å². The summed E-state index contributed by atoms with van der Waals surface area (Å²) in [6.07, 6.45) is 0. The normalized spacial score (nSPS) is 10.8. The van der Waals surface area contributed by atoms with E-state index in [2.05, 4.69) is 10.3 Å². The standard InChI is InChI=1S/C22H16ClN3O2/c1-14-24-20-12-5-3-10-18(20)22(28)26(14)16-8-6-7-15(13-16)25-21(27)17-9-2-4-11-19(17)23/h2-13H,1H3,(H,25,27). The Balaban J connectivity index is 1.74. The maximum absolute atomic E-state index is 13.0. The van der Waals surface area contributed by atoms with E-state index in [4.69, 9.17) is 11.6 Å². The number of aromatic nitrogens is 2. The molecule has 138 valence electrons. The van der Waals surface area contributed by atoms with E-state index in [1.807, 2.05) is 18.2 Å². The van der Waals surface area contributed by atoms with Gasteiger partial charge in [-0.05, 0) is 49.4 Å². The summed E-state index contributed by atoms with van der Waals surface area (Å²) in [5, 5.41) is 3.74. The number of carbonyl (C=O) groups excluding carboxylic acids is 1. The summed E-state index contributed by atoms with van der Waals surface area (Å²) in [4.78, 5) is 30.0. The van der Waals surface area contributed by atoms with Gasteiger partial charge in [-0.1, -0.05) is 41.9 Å². The Kier molecular flexibility index (Phi) is 4.67. The fourth-order valence-electron chi connectivity index (χ4n) is 3.11. The number of halogens is 1. The third-order valence-electron chi connectivity index (χ3n) is 4.42. The summed E-state index contributed by atoms with van der Waals surface area (Å²) < 4.78 is 1.54. The van der Waals surface area contributed by atoms with Gasteiger partial charge in [0, 0.05) is 5.69 Å². The van der Waals surface area contributed by atoms with Gasteiger partial charge in [0.15, 0.2) is 0 Å². The number of amides is 1. The number of hydrogen-bond donors (Lipinski definition) is 1. The van der Waals surface area contributed by atoms with Crippen LogP contribution in [0.5, 0.6) is 0 Å². The molecule has 0 fully saturated rings. The smallest absolute Gasteiger partial charge is 0.265 e. The number of rotatable bonds is 3. The zero-order valence-corrected chi connectivity index (χ0v) is 15.8. The Morgan fingerprint density at radius 1 is 1.00 bits per heavy atom. The van der Waals surface area contributed by atoms with Crippen LogP contribution in [0.4, 0.5) is 5.69 Å². The Labute approximate surface area is 166 Å². The van der Waals surface area contributed by atoms with Crippen molar-refractivity contribution in [2.75, 3.05) is 5.32 Å². The summed E-state index contributed by atoms with van der Waals surface area (Å²) in [6, 6.07) is 21.1. The monoisotopic (exact) mass is 389 g/mol. The molecule has 0 radical (unpaired) electrons. The number of benzene rings is 3. The molecule has 0 aliphatic carbocycles. The average Bonchev–Trinajstić information content (AvgIpc) is 2.68. The van der Waals surface area contributed by atoms with Crippen molar-refractivity contribution in [1.29, 1.82) is 0 Å². The lowest BCUT2D eigenvalue weighted by atomic mass is 10.2. The van der Waals surface area contributed by atoms with E-state index in [0.29, 0.717) is 38.7 Å². The lowest BCUT2D eigenvalue weighted by Gasteiger charge is -2.13. The fourth-order valence-corrected chi connectivity index (χ4v) is 3.34. The van der Waals surface area contributed by atoms with Gasteiger partial charge in [0.2, 0.25) is 0 Å². The van der Waals surface area contributed by atoms with Crippen LogP contribution in [0.25, 0.3) is 16.6 Å². The van der Waals surface area contributed by atoms with Crippen LogP contribution < -0.4 is 10.9 Å². The highest BCUT2D eigenvalue weighted by molar-refractivity contribution is 6.34. The summed E-state index contributed by atoms with van der Waals surface area (Å²) in [5.41, 5.74) is 2.07. The van der Waals surface area contributed by atoms with Crippen LogP contribution in [0.3, 0.4) is 0 Å². The van der Waals surface area contributed by atoms with Crippen molar-refractivity contribution in [3.05, 3.63) is 99.6 Å². The maximum Gasteiger partial charge on any atom is 0.265 e. The predicted octanol–water partition coefficient (Wildman–Crippen LogP) is 4.60. The molecule has 4 rings (SSSR count). The predicted molar refractivity (Wildman–Crippen MR) is 111 cm³/mol. The van der Waals surface area contributed by atoms with Crippen LogP contribution in [0.2, 0.25) is 5.02 Å². The zero-order chi connectivity index (χ0) is 19.7. The number of nitrogens with zero attached hydrogens (tertiary/aromatic N) is 2. The first-order chi connectivity index (χ1) is 13.5. The Hall–Kier alpha value is -3.44. The van der Waals surface area contributed by atoms with Crippen molar-refractivity contribution in [2.24, 2.45) is 0 Å². The fraction of sp³-hybridized carbons (Fsp3) is 0.0455. The molecule has 4 aromatic rings. The first-order valence-electron chi connectivity index (χ1n) is 8.69. The van der Waals surface area contributed by atoms with Crippen molar-refractivity contribution in [1.82, 2.24) is 9.55 Å². The molecule has 5 nitrogen and oxygen atoms in total. The Morgan fingerprint density at radius 2 is 1.75 bits per heavy atom. The largest absolute Gasteiger partial charge is 0.322 e. The second-order valence-electron chi connectivity index (χ2n) is 6.30. The van der Waals surface area contributed by atoms with Crippen LogP contribution in [0, 0.1) is 6.92 Å². The number of aryl methyl sites for hydroxylation is 1. The molecule has 0 aliphatic rings. The van der Waals surface area contributed by atoms with E-state index in [1.54, 1.807) is 61.5 Å². The van der Waals surface area contributed by atoms with Crippen molar-refractivity contribution >= 4 is 34.1 Å². The third kappa shape index (κ3) is 3.28. The van der Waals surface area contributed by atoms with E-state index >= 15 is 0 Å². The van der Waals surface area contributed by atoms with E-state index < -0.39 is 0 Å². The number of fused-ring (bicyclic) bond motifs is 1. The highest BCUT2D eigenvalue weighted by atomic mass is 35.5.